The Morgan fingerprint density at radius 1 is 1.21 bits per heavy atom. The summed E-state index contributed by atoms with van der Waals surface area (Å²) in [4.78, 5) is 24.6. The Balaban J connectivity index is 1.94. The third-order valence-corrected chi connectivity index (χ3v) is 4.00. The Kier molecular flexibility index (Phi) is 4.27. The maximum absolute atomic E-state index is 12.3. The van der Waals surface area contributed by atoms with Crippen LogP contribution in [0.2, 0.25) is 5.02 Å². The lowest BCUT2D eigenvalue weighted by atomic mass is 10.1. The lowest BCUT2D eigenvalue weighted by Gasteiger charge is -2.12. The predicted octanol–water partition coefficient (Wildman–Crippen LogP) is 3.31. The second-order valence-electron chi connectivity index (χ2n) is 5.48. The Morgan fingerprint density at radius 2 is 1.96 bits per heavy atom. The number of nitrogens with zero attached hydrogens (tertiary/aromatic N) is 1. The van der Waals surface area contributed by atoms with E-state index in [1.807, 2.05) is 25.1 Å². The molecule has 0 spiro atoms. The molecule has 3 aromatic rings. The fraction of sp³-hybridized carbons (Fsp3) is 0.111. The maximum atomic E-state index is 12.3. The number of phenols is 1. The van der Waals surface area contributed by atoms with E-state index in [1.165, 1.54) is 28.8 Å². The fourth-order valence-electron chi connectivity index (χ4n) is 2.61. The standard InChI is InChI=1S/C18H15ClN2O3/c1-11-8-18(24)21(15-5-3-2-4-13(11)15)10-17(23)20-14-9-12(19)6-7-16(14)22/h2-9,22H,10H2,1H3,(H,20,23). The lowest BCUT2D eigenvalue weighted by molar-refractivity contribution is -0.116. The van der Waals surface area contributed by atoms with E-state index in [4.69, 9.17) is 11.6 Å². The maximum Gasteiger partial charge on any atom is 0.251 e. The monoisotopic (exact) mass is 342 g/mol. The summed E-state index contributed by atoms with van der Waals surface area (Å²) in [6, 6.07) is 13.3. The van der Waals surface area contributed by atoms with Crippen LogP contribution in [0.1, 0.15) is 5.56 Å². The number of pyridine rings is 1. The Labute approximate surface area is 143 Å². The van der Waals surface area contributed by atoms with Crippen LogP contribution in [0, 0.1) is 6.92 Å². The third-order valence-electron chi connectivity index (χ3n) is 3.76. The summed E-state index contributed by atoms with van der Waals surface area (Å²) < 4.78 is 1.40. The number of phenolic OH excluding ortho intramolecular Hbond substituents is 1. The molecule has 3 rings (SSSR count). The van der Waals surface area contributed by atoms with Crippen LogP contribution in [0.4, 0.5) is 5.69 Å². The molecule has 2 N–H and O–H groups in total. The smallest absolute Gasteiger partial charge is 0.251 e. The van der Waals surface area contributed by atoms with Gasteiger partial charge in [-0.2, -0.15) is 0 Å². The molecule has 0 aliphatic heterocycles. The van der Waals surface area contributed by atoms with Crippen LogP contribution in [-0.4, -0.2) is 15.6 Å². The number of aromatic hydroxyl groups is 1. The molecule has 6 heteroatoms. The second-order valence-corrected chi connectivity index (χ2v) is 5.91. The highest BCUT2D eigenvalue weighted by Crippen LogP contribution is 2.26. The van der Waals surface area contributed by atoms with Crippen LogP contribution in [0.5, 0.6) is 5.75 Å². The summed E-state index contributed by atoms with van der Waals surface area (Å²) in [6.07, 6.45) is 0. The van der Waals surface area contributed by atoms with Gasteiger partial charge in [-0.3, -0.25) is 14.2 Å². The number of para-hydroxylation sites is 1. The first kappa shape index (κ1) is 16.1. The van der Waals surface area contributed by atoms with E-state index in [0.717, 1.165) is 10.9 Å². The average Bonchev–Trinajstić information content (AvgIpc) is 2.55. The molecule has 0 saturated heterocycles. The van der Waals surface area contributed by atoms with Gasteiger partial charge in [-0.1, -0.05) is 29.8 Å². The molecular weight excluding hydrogens is 328 g/mol. The fourth-order valence-corrected chi connectivity index (χ4v) is 2.78. The van der Waals surface area contributed by atoms with Crippen molar-refractivity contribution in [2.24, 2.45) is 0 Å². The molecule has 0 aliphatic carbocycles. The minimum atomic E-state index is -0.427. The highest BCUT2D eigenvalue weighted by Gasteiger charge is 2.12. The molecule has 0 unspecified atom stereocenters. The SMILES string of the molecule is Cc1cc(=O)n(CC(=O)Nc2cc(Cl)ccc2O)c2ccccc12. The van der Waals surface area contributed by atoms with Gasteiger partial charge in [-0.05, 0) is 36.8 Å². The van der Waals surface area contributed by atoms with Crippen molar-refractivity contribution in [2.45, 2.75) is 13.5 Å². The molecule has 1 heterocycles. The second kappa shape index (κ2) is 6.37. The van der Waals surface area contributed by atoms with E-state index in [-0.39, 0.29) is 23.5 Å². The van der Waals surface area contributed by atoms with Gasteiger partial charge in [0, 0.05) is 16.5 Å². The summed E-state index contributed by atoms with van der Waals surface area (Å²) in [5.41, 5.74) is 1.50. The predicted molar refractivity (Wildman–Crippen MR) is 94.7 cm³/mol. The molecule has 2 aromatic carbocycles. The van der Waals surface area contributed by atoms with Gasteiger partial charge in [0.2, 0.25) is 5.91 Å². The first-order valence-electron chi connectivity index (χ1n) is 7.33. The van der Waals surface area contributed by atoms with Crippen molar-refractivity contribution < 1.29 is 9.90 Å². The molecule has 5 nitrogen and oxygen atoms in total. The van der Waals surface area contributed by atoms with Crippen LogP contribution in [0.15, 0.2) is 53.3 Å². The number of halogens is 1. The lowest BCUT2D eigenvalue weighted by Crippen LogP contribution is -2.27. The van der Waals surface area contributed by atoms with Crippen LogP contribution >= 0.6 is 11.6 Å². The van der Waals surface area contributed by atoms with Gasteiger partial charge in [-0.15, -0.1) is 0 Å². The molecule has 0 atom stereocenters. The van der Waals surface area contributed by atoms with Gasteiger partial charge < -0.3 is 10.4 Å². The number of amides is 1. The highest BCUT2D eigenvalue weighted by atomic mass is 35.5. The summed E-state index contributed by atoms with van der Waals surface area (Å²) in [7, 11) is 0. The topological polar surface area (TPSA) is 71.3 Å². The zero-order valence-electron chi connectivity index (χ0n) is 12.9. The van der Waals surface area contributed by atoms with Crippen molar-refractivity contribution in [2.75, 3.05) is 5.32 Å². The van der Waals surface area contributed by atoms with Crippen molar-refractivity contribution in [1.82, 2.24) is 4.57 Å². The van der Waals surface area contributed by atoms with E-state index < -0.39 is 5.91 Å². The molecule has 0 saturated carbocycles. The van der Waals surface area contributed by atoms with Crippen LogP contribution < -0.4 is 10.9 Å². The number of carbonyl (C=O) groups is 1. The number of nitrogens with one attached hydrogen (secondary N) is 1. The minimum Gasteiger partial charge on any atom is -0.506 e. The zero-order chi connectivity index (χ0) is 17.3. The summed E-state index contributed by atoms with van der Waals surface area (Å²) in [6.45, 7) is 1.70. The number of aryl methyl sites for hydroxylation is 1. The normalized spacial score (nSPS) is 10.8. The number of benzene rings is 2. The van der Waals surface area contributed by atoms with Gasteiger partial charge in [0.05, 0.1) is 11.2 Å². The van der Waals surface area contributed by atoms with Crippen LogP contribution in [0.3, 0.4) is 0 Å². The first-order chi connectivity index (χ1) is 11.5. The minimum absolute atomic E-state index is 0.0890. The van der Waals surface area contributed by atoms with Gasteiger partial charge in [0.25, 0.3) is 5.56 Å². The summed E-state index contributed by atoms with van der Waals surface area (Å²) >= 11 is 5.86. The largest absolute Gasteiger partial charge is 0.506 e. The van der Waals surface area contributed by atoms with Gasteiger partial charge >= 0.3 is 0 Å². The van der Waals surface area contributed by atoms with E-state index in [1.54, 1.807) is 6.07 Å². The number of rotatable bonds is 3. The molecule has 24 heavy (non-hydrogen) atoms. The Morgan fingerprint density at radius 3 is 2.75 bits per heavy atom. The van der Waals surface area contributed by atoms with Crippen molar-refractivity contribution in [3.63, 3.8) is 0 Å². The quantitative estimate of drug-likeness (QED) is 0.717. The molecule has 1 aromatic heterocycles. The summed E-state index contributed by atoms with van der Waals surface area (Å²) in [5.74, 6) is -0.516. The van der Waals surface area contributed by atoms with E-state index in [0.29, 0.717) is 10.5 Å². The molecule has 0 aliphatic rings. The molecular formula is C18H15ClN2O3. The molecule has 122 valence electrons. The Bertz CT molecular complexity index is 995. The molecule has 0 bridgehead atoms. The van der Waals surface area contributed by atoms with E-state index in [9.17, 15) is 14.7 Å². The first-order valence-corrected chi connectivity index (χ1v) is 7.71. The highest BCUT2D eigenvalue weighted by molar-refractivity contribution is 6.31. The van der Waals surface area contributed by atoms with E-state index in [2.05, 4.69) is 5.32 Å². The number of hydrogen-bond acceptors (Lipinski definition) is 3. The van der Waals surface area contributed by atoms with Crippen molar-refractivity contribution in [1.29, 1.82) is 0 Å². The summed E-state index contributed by atoms with van der Waals surface area (Å²) in [5, 5.41) is 13.6. The zero-order valence-corrected chi connectivity index (χ0v) is 13.7. The number of anilines is 1. The number of aromatic nitrogens is 1. The van der Waals surface area contributed by atoms with Gasteiger partial charge in [-0.25, -0.2) is 0 Å². The van der Waals surface area contributed by atoms with Gasteiger partial charge in [0.15, 0.2) is 0 Å². The number of carbonyl (C=O) groups excluding carboxylic acids is 1. The molecule has 0 fully saturated rings. The van der Waals surface area contributed by atoms with E-state index >= 15 is 0 Å². The third kappa shape index (κ3) is 3.12. The number of hydrogen-bond donors (Lipinski definition) is 2. The molecule has 1 amide bonds. The Hall–Kier alpha value is -2.79. The van der Waals surface area contributed by atoms with Crippen LogP contribution in [-0.2, 0) is 11.3 Å². The van der Waals surface area contributed by atoms with Crippen molar-refractivity contribution in [3.8, 4) is 5.75 Å². The van der Waals surface area contributed by atoms with Crippen LogP contribution in [0.25, 0.3) is 10.9 Å². The van der Waals surface area contributed by atoms with Gasteiger partial charge in [0.1, 0.15) is 12.3 Å². The van der Waals surface area contributed by atoms with Crippen molar-refractivity contribution in [3.05, 3.63) is 69.5 Å². The average molecular weight is 343 g/mol. The number of fused-ring (bicyclic) bond motifs is 1. The molecule has 0 radical (unpaired) electrons. The van der Waals surface area contributed by atoms with Crippen molar-refractivity contribution >= 4 is 34.1 Å².